The normalized spacial score (nSPS) is 29.1. The fraction of sp³-hybridized carbons (Fsp3) is 0.600. The molecule has 0 aromatic heterocycles. The van der Waals surface area contributed by atoms with Gasteiger partial charge in [0.25, 0.3) is 0 Å². The molecule has 0 bridgehead atoms. The zero-order valence-electron chi connectivity index (χ0n) is 11.1. The summed E-state index contributed by atoms with van der Waals surface area (Å²) < 4.78 is 6.12. The molecule has 1 aromatic carbocycles. The summed E-state index contributed by atoms with van der Waals surface area (Å²) in [5, 5.41) is 0. The van der Waals surface area contributed by atoms with Crippen LogP contribution in [0, 0.1) is 19.8 Å². The molecular formula is C15H23NO. The van der Waals surface area contributed by atoms with Gasteiger partial charge in [-0.3, -0.25) is 0 Å². The first-order chi connectivity index (χ1) is 8.08. The predicted octanol–water partition coefficient (Wildman–Crippen LogP) is 3.20. The van der Waals surface area contributed by atoms with Gasteiger partial charge in [0.2, 0.25) is 0 Å². The summed E-state index contributed by atoms with van der Waals surface area (Å²) >= 11 is 0. The molecule has 2 heteroatoms. The van der Waals surface area contributed by atoms with Crippen molar-refractivity contribution in [3.05, 3.63) is 29.3 Å². The minimum Gasteiger partial charge on any atom is -0.489 e. The van der Waals surface area contributed by atoms with Crippen molar-refractivity contribution in [3.63, 3.8) is 0 Å². The zero-order chi connectivity index (χ0) is 12.4. The largest absolute Gasteiger partial charge is 0.489 e. The molecule has 0 aliphatic heterocycles. The number of aryl methyl sites for hydroxylation is 1. The standard InChI is InChI=1S/C15H23NO/c1-10-7-8-13(16)15(9-10)17-14-6-4-5-11(2)12(14)3/h4-6,10,13,15H,7-9,16H2,1-3H3. The Morgan fingerprint density at radius 2 is 2.00 bits per heavy atom. The summed E-state index contributed by atoms with van der Waals surface area (Å²) in [5.74, 6) is 1.73. The molecule has 0 heterocycles. The van der Waals surface area contributed by atoms with Crippen LogP contribution in [0.1, 0.15) is 37.3 Å². The summed E-state index contributed by atoms with van der Waals surface area (Å²) in [4.78, 5) is 0. The Hall–Kier alpha value is -1.02. The van der Waals surface area contributed by atoms with Crippen molar-refractivity contribution in [2.75, 3.05) is 0 Å². The number of benzene rings is 1. The molecule has 0 saturated heterocycles. The SMILES string of the molecule is Cc1cccc(OC2CC(C)CCC2N)c1C. The van der Waals surface area contributed by atoms with Crippen LogP contribution in [0.3, 0.4) is 0 Å². The Kier molecular flexibility index (Phi) is 3.72. The number of hydrogen-bond acceptors (Lipinski definition) is 2. The van der Waals surface area contributed by atoms with Gasteiger partial charge in [-0.15, -0.1) is 0 Å². The van der Waals surface area contributed by atoms with E-state index in [1.165, 1.54) is 17.5 Å². The molecule has 3 unspecified atom stereocenters. The van der Waals surface area contributed by atoms with Gasteiger partial charge in [0.1, 0.15) is 11.9 Å². The molecule has 2 nitrogen and oxygen atoms in total. The summed E-state index contributed by atoms with van der Waals surface area (Å²) in [6, 6.07) is 6.40. The minimum atomic E-state index is 0.180. The van der Waals surface area contributed by atoms with Gasteiger partial charge in [-0.25, -0.2) is 0 Å². The van der Waals surface area contributed by atoms with Gasteiger partial charge in [0.05, 0.1) is 0 Å². The highest BCUT2D eigenvalue weighted by Gasteiger charge is 2.27. The molecule has 94 valence electrons. The fourth-order valence-electron chi connectivity index (χ4n) is 2.50. The van der Waals surface area contributed by atoms with Gasteiger partial charge >= 0.3 is 0 Å². The van der Waals surface area contributed by atoms with E-state index >= 15 is 0 Å². The van der Waals surface area contributed by atoms with Gasteiger partial charge < -0.3 is 10.5 Å². The van der Waals surface area contributed by atoms with E-state index in [2.05, 4.69) is 32.9 Å². The lowest BCUT2D eigenvalue weighted by Gasteiger charge is -2.33. The first-order valence-corrected chi connectivity index (χ1v) is 6.56. The van der Waals surface area contributed by atoms with E-state index in [-0.39, 0.29) is 12.1 Å². The molecule has 1 aliphatic carbocycles. The van der Waals surface area contributed by atoms with Crippen molar-refractivity contribution in [2.24, 2.45) is 11.7 Å². The van der Waals surface area contributed by atoms with Crippen LogP contribution >= 0.6 is 0 Å². The van der Waals surface area contributed by atoms with Crippen LogP contribution in [0.15, 0.2) is 18.2 Å². The van der Waals surface area contributed by atoms with Crippen molar-refractivity contribution >= 4 is 0 Å². The second-order valence-electron chi connectivity index (χ2n) is 5.44. The monoisotopic (exact) mass is 233 g/mol. The second-order valence-corrected chi connectivity index (χ2v) is 5.44. The number of hydrogen-bond donors (Lipinski definition) is 1. The van der Waals surface area contributed by atoms with Gasteiger partial charge in [0.15, 0.2) is 0 Å². The Bertz CT molecular complexity index is 389. The van der Waals surface area contributed by atoms with Gasteiger partial charge in [-0.2, -0.15) is 0 Å². The second kappa shape index (κ2) is 5.09. The maximum atomic E-state index is 6.15. The van der Waals surface area contributed by atoms with Crippen molar-refractivity contribution in [1.82, 2.24) is 0 Å². The quantitative estimate of drug-likeness (QED) is 0.851. The average Bonchev–Trinajstić information content (AvgIpc) is 2.30. The summed E-state index contributed by atoms with van der Waals surface area (Å²) in [7, 11) is 0. The summed E-state index contributed by atoms with van der Waals surface area (Å²) in [6.07, 6.45) is 3.57. The molecule has 0 radical (unpaired) electrons. The van der Waals surface area contributed by atoms with Crippen molar-refractivity contribution in [3.8, 4) is 5.75 Å². The fourth-order valence-corrected chi connectivity index (χ4v) is 2.50. The predicted molar refractivity (Wildman–Crippen MR) is 71.3 cm³/mol. The van der Waals surface area contributed by atoms with Crippen LogP contribution < -0.4 is 10.5 Å². The van der Waals surface area contributed by atoms with E-state index in [1.54, 1.807) is 0 Å². The molecule has 3 atom stereocenters. The van der Waals surface area contributed by atoms with Crippen LogP contribution in [0.4, 0.5) is 0 Å². The topological polar surface area (TPSA) is 35.2 Å². The molecule has 1 saturated carbocycles. The molecule has 0 spiro atoms. The van der Waals surface area contributed by atoms with Crippen LogP contribution in [-0.4, -0.2) is 12.1 Å². The van der Waals surface area contributed by atoms with E-state index in [4.69, 9.17) is 10.5 Å². The molecule has 1 aromatic rings. The lowest BCUT2D eigenvalue weighted by atomic mass is 9.85. The number of ether oxygens (including phenoxy) is 1. The Morgan fingerprint density at radius 1 is 1.24 bits per heavy atom. The lowest BCUT2D eigenvalue weighted by Crippen LogP contribution is -2.43. The zero-order valence-corrected chi connectivity index (χ0v) is 11.1. The Labute approximate surface area is 104 Å². The smallest absolute Gasteiger partial charge is 0.122 e. The van der Waals surface area contributed by atoms with E-state index in [1.807, 2.05) is 6.07 Å². The van der Waals surface area contributed by atoms with Gasteiger partial charge in [0, 0.05) is 6.04 Å². The molecule has 0 amide bonds. The molecule has 2 N–H and O–H groups in total. The number of rotatable bonds is 2. The summed E-state index contributed by atoms with van der Waals surface area (Å²) in [6.45, 7) is 6.51. The molecular weight excluding hydrogens is 210 g/mol. The molecule has 2 rings (SSSR count). The highest BCUT2D eigenvalue weighted by Crippen LogP contribution is 2.29. The van der Waals surface area contributed by atoms with Crippen LogP contribution in [0.2, 0.25) is 0 Å². The molecule has 1 fully saturated rings. The van der Waals surface area contributed by atoms with Crippen molar-refractivity contribution < 1.29 is 4.74 Å². The first-order valence-electron chi connectivity index (χ1n) is 6.56. The van der Waals surface area contributed by atoms with E-state index < -0.39 is 0 Å². The third kappa shape index (κ3) is 2.81. The van der Waals surface area contributed by atoms with E-state index in [9.17, 15) is 0 Å². The molecule has 17 heavy (non-hydrogen) atoms. The molecule has 1 aliphatic rings. The minimum absolute atomic E-state index is 0.180. The van der Waals surface area contributed by atoms with Crippen molar-refractivity contribution in [1.29, 1.82) is 0 Å². The Balaban J connectivity index is 2.11. The van der Waals surface area contributed by atoms with Crippen LogP contribution in [0.25, 0.3) is 0 Å². The first kappa shape index (κ1) is 12.4. The van der Waals surface area contributed by atoms with Gasteiger partial charge in [-0.05, 0) is 56.2 Å². The highest BCUT2D eigenvalue weighted by atomic mass is 16.5. The van der Waals surface area contributed by atoms with Crippen LogP contribution in [-0.2, 0) is 0 Å². The maximum absolute atomic E-state index is 6.15. The summed E-state index contributed by atoms with van der Waals surface area (Å²) in [5.41, 5.74) is 8.66. The van der Waals surface area contributed by atoms with Crippen LogP contribution in [0.5, 0.6) is 5.75 Å². The van der Waals surface area contributed by atoms with E-state index in [0.717, 1.165) is 24.5 Å². The maximum Gasteiger partial charge on any atom is 0.122 e. The van der Waals surface area contributed by atoms with E-state index in [0.29, 0.717) is 0 Å². The Morgan fingerprint density at radius 3 is 2.76 bits per heavy atom. The third-order valence-electron chi connectivity index (χ3n) is 3.94. The van der Waals surface area contributed by atoms with Gasteiger partial charge in [-0.1, -0.05) is 19.1 Å². The number of nitrogens with two attached hydrogens (primary N) is 1. The average molecular weight is 233 g/mol. The third-order valence-corrected chi connectivity index (χ3v) is 3.94. The highest BCUT2D eigenvalue weighted by molar-refractivity contribution is 5.38. The lowest BCUT2D eigenvalue weighted by molar-refractivity contribution is 0.107. The van der Waals surface area contributed by atoms with Crippen molar-refractivity contribution in [2.45, 2.75) is 52.2 Å².